The molecule has 7 heteroatoms. The second-order valence-electron chi connectivity index (χ2n) is 8.27. The first-order valence-corrected chi connectivity index (χ1v) is 11.5. The number of rotatable bonds is 5. The molecule has 1 aliphatic rings. The van der Waals surface area contributed by atoms with Crippen LogP contribution in [0.5, 0.6) is 0 Å². The highest BCUT2D eigenvalue weighted by Gasteiger charge is 2.23. The topological polar surface area (TPSA) is 93.0 Å². The minimum atomic E-state index is 0.0134. The normalized spacial score (nSPS) is 21.1. The van der Waals surface area contributed by atoms with Crippen LogP contribution >= 0.6 is 11.3 Å². The Morgan fingerprint density at radius 1 is 1.23 bits per heavy atom. The van der Waals surface area contributed by atoms with E-state index in [-0.39, 0.29) is 11.9 Å². The molecule has 1 atom stereocenters. The summed E-state index contributed by atoms with van der Waals surface area (Å²) >= 11 is 1.51. The number of nitrogens with one attached hydrogen (secondary N) is 2. The number of nitrogen functional groups attached to an aromatic ring is 1. The molecule has 4 N–H and O–H groups in total. The molecule has 0 radical (unpaired) electrons. The Labute approximate surface area is 181 Å². The van der Waals surface area contributed by atoms with Crippen LogP contribution in [-0.4, -0.2) is 35.4 Å². The zero-order chi connectivity index (χ0) is 21.1. The maximum Gasteiger partial charge on any atom is 0.261 e. The summed E-state index contributed by atoms with van der Waals surface area (Å²) in [5.74, 6) is 1.03. The number of methoxy groups -OCH3 is 1. The first-order valence-electron chi connectivity index (χ1n) is 10.7. The maximum atomic E-state index is 12.9. The summed E-state index contributed by atoms with van der Waals surface area (Å²) in [5.41, 5.74) is 7.88. The summed E-state index contributed by atoms with van der Waals surface area (Å²) in [7, 11) is 1.81. The second kappa shape index (κ2) is 9.18. The zero-order valence-corrected chi connectivity index (χ0v) is 18.4. The standard InChI is InChI=1S/C23H30N4O2S/c1-14(15-5-3-7-17(29-2)8-4-6-15)25-23(28)21-12-11-20(30-21)16-9-10-19-18(13-16)22(24)27-26-19/h9-15,17H,3-8H2,1-2H3,(H,25,28)(H3,24,26,27)/t14-,15?,17?/m1/s1. The average Bonchev–Trinajstić information content (AvgIpc) is 3.35. The minimum Gasteiger partial charge on any atom is -0.382 e. The number of carbonyl (C=O) groups is 1. The number of aromatic nitrogens is 2. The van der Waals surface area contributed by atoms with E-state index >= 15 is 0 Å². The van der Waals surface area contributed by atoms with Gasteiger partial charge in [0.05, 0.1) is 16.5 Å². The molecule has 2 aromatic heterocycles. The van der Waals surface area contributed by atoms with E-state index in [1.165, 1.54) is 11.3 Å². The molecule has 1 saturated carbocycles. The van der Waals surface area contributed by atoms with Gasteiger partial charge in [-0.2, -0.15) is 5.10 Å². The number of benzene rings is 1. The molecule has 1 fully saturated rings. The van der Waals surface area contributed by atoms with Gasteiger partial charge in [-0.25, -0.2) is 0 Å². The van der Waals surface area contributed by atoms with Crippen LogP contribution in [0.15, 0.2) is 30.3 Å². The first kappa shape index (κ1) is 20.9. The third kappa shape index (κ3) is 4.52. The first-order chi connectivity index (χ1) is 14.5. The van der Waals surface area contributed by atoms with Gasteiger partial charge in [-0.1, -0.05) is 18.9 Å². The SMILES string of the molecule is COC1CCCC([C@@H](C)NC(=O)c2ccc(-c3ccc4[nH]nc(N)c4c3)s2)CCC1. The van der Waals surface area contributed by atoms with Crippen LogP contribution in [0.4, 0.5) is 5.82 Å². The molecule has 6 nitrogen and oxygen atoms in total. The van der Waals surface area contributed by atoms with Gasteiger partial charge in [-0.05, 0) is 68.4 Å². The number of hydrogen-bond donors (Lipinski definition) is 3. The van der Waals surface area contributed by atoms with E-state index < -0.39 is 0 Å². The molecule has 160 valence electrons. The lowest BCUT2D eigenvalue weighted by atomic mass is 9.85. The Balaban J connectivity index is 1.40. The molecule has 1 aromatic carbocycles. The van der Waals surface area contributed by atoms with Gasteiger partial charge in [-0.3, -0.25) is 9.89 Å². The van der Waals surface area contributed by atoms with Crippen molar-refractivity contribution in [1.82, 2.24) is 15.5 Å². The van der Waals surface area contributed by atoms with E-state index in [4.69, 9.17) is 10.5 Å². The quantitative estimate of drug-likeness (QED) is 0.536. The van der Waals surface area contributed by atoms with E-state index in [2.05, 4.69) is 22.4 Å². The lowest BCUT2D eigenvalue weighted by Crippen LogP contribution is -2.38. The van der Waals surface area contributed by atoms with E-state index in [9.17, 15) is 4.79 Å². The van der Waals surface area contributed by atoms with E-state index in [1.807, 2.05) is 37.4 Å². The predicted molar refractivity (Wildman–Crippen MR) is 123 cm³/mol. The highest BCUT2D eigenvalue weighted by atomic mass is 32.1. The van der Waals surface area contributed by atoms with Crippen molar-refractivity contribution >= 4 is 34.0 Å². The van der Waals surface area contributed by atoms with Gasteiger partial charge in [0.2, 0.25) is 0 Å². The van der Waals surface area contributed by atoms with Crippen molar-refractivity contribution < 1.29 is 9.53 Å². The van der Waals surface area contributed by atoms with Crippen molar-refractivity contribution in [2.45, 2.75) is 57.6 Å². The fourth-order valence-electron chi connectivity index (χ4n) is 4.44. The summed E-state index contributed by atoms with van der Waals surface area (Å²) in [6, 6.07) is 10.1. The number of fused-ring (bicyclic) bond motifs is 1. The number of H-pyrrole nitrogens is 1. The smallest absolute Gasteiger partial charge is 0.261 e. The largest absolute Gasteiger partial charge is 0.382 e. The van der Waals surface area contributed by atoms with Crippen molar-refractivity contribution in [1.29, 1.82) is 0 Å². The summed E-state index contributed by atoms with van der Waals surface area (Å²) in [4.78, 5) is 14.7. The third-order valence-electron chi connectivity index (χ3n) is 6.31. The summed E-state index contributed by atoms with van der Waals surface area (Å²) in [6.07, 6.45) is 7.24. The molecular formula is C23H30N4O2S. The highest BCUT2D eigenvalue weighted by Crippen LogP contribution is 2.32. The van der Waals surface area contributed by atoms with Crippen molar-refractivity contribution in [2.75, 3.05) is 12.8 Å². The molecule has 4 rings (SSSR count). The number of nitrogens with two attached hydrogens (primary N) is 1. The lowest BCUT2D eigenvalue weighted by Gasteiger charge is -2.28. The number of thiophene rings is 1. The molecular weight excluding hydrogens is 396 g/mol. The van der Waals surface area contributed by atoms with Crippen molar-refractivity contribution in [3.8, 4) is 10.4 Å². The van der Waals surface area contributed by atoms with Crippen LogP contribution in [0, 0.1) is 5.92 Å². The number of amides is 1. The monoisotopic (exact) mass is 426 g/mol. The number of anilines is 1. The Morgan fingerprint density at radius 3 is 2.73 bits per heavy atom. The molecule has 0 spiro atoms. The Hall–Kier alpha value is -2.38. The molecule has 0 aliphatic heterocycles. The fourth-order valence-corrected chi connectivity index (χ4v) is 5.34. The number of aromatic amines is 1. The number of nitrogens with zero attached hydrogens (tertiary/aromatic N) is 1. The summed E-state index contributed by atoms with van der Waals surface area (Å²) in [6.45, 7) is 2.14. The maximum absolute atomic E-state index is 12.9. The van der Waals surface area contributed by atoms with Crippen molar-refractivity contribution in [3.63, 3.8) is 0 Å². The Kier molecular flexibility index (Phi) is 6.39. The Bertz CT molecular complexity index is 1000. The number of ether oxygens (including phenoxy) is 1. The molecule has 1 amide bonds. The van der Waals surface area contributed by atoms with Gasteiger partial charge in [0.15, 0.2) is 5.82 Å². The molecule has 30 heavy (non-hydrogen) atoms. The summed E-state index contributed by atoms with van der Waals surface area (Å²) < 4.78 is 5.53. The number of hydrogen-bond acceptors (Lipinski definition) is 5. The van der Waals surface area contributed by atoms with Gasteiger partial charge in [0, 0.05) is 23.4 Å². The fraction of sp³-hybridized carbons (Fsp3) is 0.478. The average molecular weight is 427 g/mol. The van der Waals surface area contributed by atoms with Gasteiger partial charge < -0.3 is 15.8 Å². The van der Waals surface area contributed by atoms with Crippen molar-refractivity contribution in [3.05, 3.63) is 35.2 Å². The van der Waals surface area contributed by atoms with Crippen LogP contribution in [0.3, 0.4) is 0 Å². The van der Waals surface area contributed by atoms with Crippen LogP contribution in [0.2, 0.25) is 0 Å². The van der Waals surface area contributed by atoms with E-state index in [0.717, 1.165) is 64.7 Å². The zero-order valence-electron chi connectivity index (χ0n) is 17.6. The molecule has 2 heterocycles. The highest BCUT2D eigenvalue weighted by molar-refractivity contribution is 7.17. The Morgan fingerprint density at radius 2 is 2.00 bits per heavy atom. The molecule has 0 saturated heterocycles. The van der Waals surface area contributed by atoms with E-state index in [1.54, 1.807) is 0 Å². The van der Waals surface area contributed by atoms with Gasteiger partial charge >= 0.3 is 0 Å². The second-order valence-corrected chi connectivity index (χ2v) is 9.36. The van der Waals surface area contributed by atoms with Gasteiger partial charge in [-0.15, -0.1) is 11.3 Å². The van der Waals surface area contributed by atoms with Gasteiger partial charge in [0.1, 0.15) is 0 Å². The molecule has 0 bridgehead atoms. The van der Waals surface area contributed by atoms with Crippen LogP contribution < -0.4 is 11.1 Å². The molecule has 3 aromatic rings. The van der Waals surface area contributed by atoms with E-state index in [0.29, 0.717) is 17.8 Å². The van der Waals surface area contributed by atoms with Crippen molar-refractivity contribution in [2.24, 2.45) is 5.92 Å². The predicted octanol–water partition coefficient (Wildman–Crippen LogP) is 4.98. The summed E-state index contributed by atoms with van der Waals surface area (Å²) in [5, 5.41) is 11.1. The third-order valence-corrected chi connectivity index (χ3v) is 7.44. The molecule has 1 aliphatic carbocycles. The van der Waals surface area contributed by atoms with Crippen LogP contribution in [0.1, 0.15) is 55.1 Å². The lowest BCUT2D eigenvalue weighted by molar-refractivity contribution is 0.0719. The van der Waals surface area contributed by atoms with Crippen LogP contribution in [-0.2, 0) is 4.74 Å². The van der Waals surface area contributed by atoms with Crippen LogP contribution in [0.25, 0.3) is 21.3 Å². The van der Waals surface area contributed by atoms with Gasteiger partial charge in [0.25, 0.3) is 5.91 Å². The number of carbonyl (C=O) groups excluding carboxylic acids is 1. The minimum absolute atomic E-state index is 0.0134. The molecule has 0 unspecified atom stereocenters.